The summed E-state index contributed by atoms with van der Waals surface area (Å²) in [4.78, 5) is 0. The van der Waals surface area contributed by atoms with E-state index in [-0.39, 0.29) is 12.4 Å². The molecule has 0 fully saturated rings. The van der Waals surface area contributed by atoms with Crippen molar-refractivity contribution in [2.45, 2.75) is 13.5 Å². The van der Waals surface area contributed by atoms with Crippen molar-refractivity contribution in [1.82, 2.24) is 10.7 Å². The first-order valence-corrected chi connectivity index (χ1v) is 7.63. The van der Waals surface area contributed by atoms with Gasteiger partial charge >= 0.3 is 0 Å². The van der Waals surface area contributed by atoms with Gasteiger partial charge in [0.15, 0.2) is 5.11 Å². The normalized spacial score (nSPS) is 10.5. The van der Waals surface area contributed by atoms with Crippen LogP contribution in [0.4, 0.5) is 4.39 Å². The zero-order valence-electron chi connectivity index (χ0n) is 12.8. The number of hydrogen-bond acceptors (Lipinski definition) is 3. The van der Waals surface area contributed by atoms with Crippen LogP contribution in [0.2, 0.25) is 0 Å². The van der Waals surface area contributed by atoms with E-state index in [1.807, 2.05) is 31.2 Å². The number of hydrogen-bond donors (Lipinski definition) is 2. The first-order valence-electron chi connectivity index (χ1n) is 7.22. The summed E-state index contributed by atoms with van der Waals surface area (Å²) in [5.74, 6) is 0.373. The smallest absolute Gasteiger partial charge is 0.186 e. The Balaban J connectivity index is 1.93. The summed E-state index contributed by atoms with van der Waals surface area (Å²) in [6, 6.07) is 13.9. The van der Waals surface area contributed by atoms with Crippen molar-refractivity contribution in [2.24, 2.45) is 5.10 Å². The minimum absolute atomic E-state index is 0.177. The summed E-state index contributed by atoms with van der Waals surface area (Å²) < 4.78 is 19.2. The number of nitrogens with zero attached hydrogens (tertiary/aromatic N) is 1. The van der Waals surface area contributed by atoms with E-state index in [9.17, 15) is 4.39 Å². The Kier molecular flexibility index (Phi) is 6.50. The fraction of sp³-hybridized carbons (Fsp3) is 0.176. The minimum Gasteiger partial charge on any atom is -0.489 e. The van der Waals surface area contributed by atoms with Gasteiger partial charge in [-0.2, -0.15) is 5.10 Å². The summed E-state index contributed by atoms with van der Waals surface area (Å²) in [7, 11) is 0. The summed E-state index contributed by atoms with van der Waals surface area (Å²) in [6.07, 6.45) is 1.64. The molecule has 0 aromatic heterocycles. The van der Waals surface area contributed by atoms with E-state index in [4.69, 9.17) is 17.0 Å². The fourth-order valence-corrected chi connectivity index (χ4v) is 2.02. The van der Waals surface area contributed by atoms with Crippen molar-refractivity contribution >= 4 is 23.5 Å². The Hall–Kier alpha value is -2.47. The molecule has 120 valence electrons. The van der Waals surface area contributed by atoms with Crippen molar-refractivity contribution in [2.75, 3.05) is 6.54 Å². The summed E-state index contributed by atoms with van der Waals surface area (Å²) >= 11 is 5.01. The molecular formula is C17H18FN3OS. The second kappa shape index (κ2) is 8.85. The Morgan fingerprint density at radius 2 is 2.09 bits per heavy atom. The van der Waals surface area contributed by atoms with E-state index < -0.39 is 0 Å². The third-order valence-electron chi connectivity index (χ3n) is 2.93. The van der Waals surface area contributed by atoms with Crippen LogP contribution in [0.1, 0.15) is 18.1 Å². The van der Waals surface area contributed by atoms with Gasteiger partial charge in [0.25, 0.3) is 0 Å². The van der Waals surface area contributed by atoms with E-state index in [2.05, 4.69) is 15.8 Å². The number of rotatable bonds is 6. The molecule has 23 heavy (non-hydrogen) atoms. The maximum absolute atomic E-state index is 13.5. The van der Waals surface area contributed by atoms with Crippen molar-refractivity contribution < 1.29 is 9.13 Å². The molecule has 4 nitrogen and oxygen atoms in total. The Morgan fingerprint density at radius 1 is 1.26 bits per heavy atom. The van der Waals surface area contributed by atoms with Crippen molar-refractivity contribution in [1.29, 1.82) is 0 Å². The number of halogens is 1. The second-order valence-corrected chi connectivity index (χ2v) is 5.09. The molecule has 0 aliphatic heterocycles. The molecule has 0 aliphatic carbocycles. The minimum atomic E-state index is -0.272. The average molecular weight is 331 g/mol. The maximum atomic E-state index is 13.5. The maximum Gasteiger partial charge on any atom is 0.186 e. The van der Waals surface area contributed by atoms with Gasteiger partial charge in [0.05, 0.1) is 6.21 Å². The largest absolute Gasteiger partial charge is 0.489 e. The highest BCUT2D eigenvalue weighted by atomic mass is 32.1. The van der Waals surface area contributed by atoms with Crippen LogP contribution in [0, 0.1) is 5.82 Å². The van der Waals surface area contributed by atoms with Crippen LogP contribution < -0.4 is 15.5 Å². The fourth-order valence-electron chi connectivity index (χ4n) is 1.83. The molecule has 2 rings (SSSR count). The van der Waals surface area contributed by atoms with Crippen molar-refractivity contribution in [3.8, 4) is 5.75 Å². The van der Waals surface area contributed by atoms with E-state index in [0.717, 1.165) is 12.1 Å². The number of ether oxygens (including phenoxy) is 1. The third-order valence-corrected chi connectivity index (χ3v) is 3.16. The van der Waals surface area contributed by atoms with Crippen LogP contribution in [0.25, 0.3) is 0 Å². The van der Waals surface area contributed by atoms with E-state index in [1.165, 1.54) is 6.07 Å². The second-order valence-electron chi connectivity index (χ2n) is 4.68. The number of hydrazone groups is 1. The van der Waals surface area contributed by atoms with Gasteiger partial charge in [-0.15, -0.1) is 0 Å². The molecule has 0 saturated carbocycles. The summed E-state index contributed by atoms with van der Waals surface area (Å²) in [6.45, 7) is 2.87. The highest BCUT2D eigenvalue weighted by Gasteiger charge is 2.02. The van der Waals surface area contributed by atoms with Gasteiger partial charge in [-0.3, -0.25) is 5.43 Å². The third kappa shape index (κ3) is 5.67. The van der Waals surface area contributed by atoms with Gasteiger partial charge in [0.1, 0.15) is 18.2 Å². The van der Waals surface area contributed by atoms with Crippen LogP contribution >= 0.6 is 12.2 Å². The van der Waals surface area contributed by atoms with E-state index in [0.29, 0.717) is 16.4 Å². The Labute approximate surface area is 140 Å². The number of nitrogens with one attached hydrogen (secondary N) is 2. The first-order chi connectivity index (χ1) is 11.2. The van der Waals surface area contributed by atoms with Gasteiger partial charge in [0.2, 0.25) is 0 Å². The molecule has 2 N–H and O–H groups in total. The molecule has 6 heteroatoms. The molecule has 0 saturated heterocycles. The van der Waals surface area contributed by atoms with Crippen LogP contribution in [-0.4, -0.2) is 17.9 Å². The Morgan fingerprint density at radius 3 is 2.87 bits per heavy atom. The van der Waals surface area contributed by atoms with Gasteiger partial charge < -0.3 is 10.1 Å². The molecule has 0 unspecified atom stereocenters. The van der Waals surface area contributed by atoms with Gasteiger partial charge in [-0.1, -0.05) is 30.3 Å². The van der Waals surface area contributed by atoms with Gasteiger partial charge in [-0.25, -0.2) is 4.39 Å². The lowest BCUT2D eigenvalue weighted by molar-refractivity contribution is 0.300. The van der Waals surface area contributed by atoms with Crippen molar-refractivity contribution in [3.05, 3.63) is 65.5 Å². The molecule has 0 spiro atoms. The average Bonchev–Trinajstić information content (AvgIpc) is 2.55. The summed E-state index contributed by atoms with van der Waals surface area (Å²) in [5, 5.41) is 7.44. The zero-order chi connectivity index (χ0) is 16.5. The quantitative estimate of drug-likeness (QED) is 0.485. The van der Waals surface area contributed by atoms with Gasteiger partial charge in [-0.05, 0) is 42.9 Å². The van der Waals surface area contributed by atoms with Crippen LogP contribution in [-0.2, 0) is 6.61 Å². The number of thiocarbonyl (C=S) groups is 1. The molecule has 0 aliphatic rings. The molecule has 0 atom stereocenters. The SMILES string of the molecule is CCNC(=S)N/N=C\c1cccc(OCc2ccccc2F)c1. The molecule has 2 aromatic rings. The summed E-state index contributed by atoms with van der Waals surface area (Å²) in [5.41, 5.74) is 4.08. The standard InChI is InChI=1S/C17H18FN3OS/c1-2-19-17(23)21-20-11-13-6-5-8-15(10-13)22-12-14-7-3-4-9-16(14)18/h3-11H,2,12H2,1H3,(H2,19,21,23)/b20-11-. The monoisotopic (exact) mass is 331 g/mol. The topological polar surface area (TPSA) is 45.7 Å². The first kappa shape index (κ1) is 16.9. The van der Waals surface area contributed by atoms with E-state index >= 15 is 0 Å². The molecule has 2 aromatic carbocycles. The molecular weight excluding hydrogens is 313 g/mol. The molecule has 0 bridgehead atoms. The Bertz CT molecular complexity index is 691. The molecule has 0 amide bonds. The highest BCUT2D eigenvalue weighted by molar-refractivity contribution is 7.80. The zero-order valence-corrected chi connectivity index (χ0v) is 13.6. The lowest BCUT2D eigenvalue weighted by Crippen LogP contribution is -2.31. The van der Waals surface area contributed by atoms with Crippen LogP contribution in [0.3, 0.4) is 0 Å². The predicted octanol–water partition coefficient (Wildman–Crippen LogP) is 3.22. The van der Waals surface area contributed by atoms with Gasteiger partial charge in [0, 0.05) is 12.1 Å². The number of benzene rings is 2. The predicted molar refractivity (Wildman–Crippen MR) is 94.2 cm³/mol. The van der Waals surface area contributed by atoms with Crippen molar-refractivity contribution in [3.63, 3.8) is 0 Å². The lowest BCUT2D eigenvalue weighted by Gasteiger charge is -2.07. The highest BCUT2D eigenvalue weighted by Crippen LogP contribution is 2.15. The van der Waals surface area contributed by atoms with Crippen LogP contribution in [0.15, 0.2) is 53.6 Å². The van der Waals surface area contributed by atoms with E-state index in [1.54, 1.807) is 24.4 Å². The molecule has 0 radical (unpaired) electrons. The lowest BCUT2D eigenvalue weighted by atomic mass is 10.2. The van der Waals surface area contributed by atoms with Crippen LogP contribution in [0.5, 0.6) is 5.75 Å². The molecule has 0 heterocycles.